The first kappa shape index (κ1) is 21.3. The lowest BCUT2D eigenvalue weighted by molar-refractivity contribution is -0.895. The highest BCUT2D eigenvalue weighted by Gasteiger charge is 2.31. The van der Waals surface area contributed by atoms with Crippen LogP contribution in [-0.4, -0.2) is 57.4 Å². The van der Waals surface area contributed by atoms with Crippen LogP contribution in [0.1, 0.15) is 44.7 Å². The van der Waals surface area contributed by atoms with Crippen LogP contribution in [0.5, 0.6) is 0 Å². The summed E-state index contributed by atoms with van der Waals surface area (Å²) in [5.41, 5.74) is 2.48. The van der Waals surface area contributed by atoms with Gasteiger partial charge in [-0.15, -0.1) is 0 Å². The standard InChI is InChI=1S/C21H33N3O3S/c1-16(2)17(3)22-21(25)15-23-10-12-24(13-11-23)28(26,27)20-9-8-18-6-4-5-7-19(18)14-20/h8-9,14,16-17H,4-7,10-13,15H2,1-3H3,(H,22,25)/p+1/t17-/m1/s1. The van der Waals surface area contributed by atoms with E-state index in [4.69, 9.17) is 0 Å². The summed E-state index contributed by atoms with van der Waals surface area (Å²) in [6.07, 6.45) is 4.35. The van der Waals surface area contributed by atoms with Crippen molar-refractivity contribution in [2.24, 2.45) is 5.92 Å². The summed E-state index contributed by atoms with van der Waals surface area (Å²) in [4.78, 5) is 13.8. The van der Waals surface area contributed by atoms with Gasteiger partial charge < -0.3 is 10.2 Å². The molecule has 0 saturated carbocycles. The summed E-state index contributed by atoms with van der Waals surface area (Å²) in [7, 11) is -3.46. The number of rotatable bonds is 6. The number of aryl methyl sites for hydroxylation is 2. The summed E-state index contributed by atoms with van der Waals surface area (Å²) in [6.45, 7) is 8.83. The van der Waals surface area contributed by atoms with Crippen LogP contribution in [0.25, 0.3) is 0 Å². The third kappa shape index (κ3) is 4.93. The Hall–Kier alpha value is -1.44. The predicted octanol–water partition coefficient (Wildman–Crippen LogP) is 0.615. The number of hydrogen-bond donors (Lipinski definition) is 2. The molecule has 0 unspecified atom stereocenters. The van der Waals surface area contributed by atoms with Gasteiger partial charge in [0.05, 0.1) is 31.1 Å². The Bertz CT molecular complexity index is 799. The van der Waals surface area contributed by atoms with E-state index in [1.807, 2.05) is 19.1 Å². The molecule has 1 atom stereocenters. The predicted molar refractivity (Wildman–Crippen MR) is 110 cm³/mol. The molecule has 0 bridgehead atoms. The molecular formula is C21H34N3O3S+. The molecule has 1 saturated heterocycles. The number of fused-ring (bicyclic) bond motifs is 1. The molecular weight excluding hydrogens is 374 g/mol. The Morgan fingerprint density at radius 1 is 1.11 bits per heavy atom. The molecule has 1 amide bonds. The number of carbonyl (C=O) groups is 1. The maximum Gasteiger partial charge on any atom is 0.275 e. The van der Waals surface area contributed by atoms with Crippen LogP contribution in [0, 0.1) is 5.92 Å². The summed E-state index contributed by atoms with van der Waals surface area (Å²) < 4.78 is 27.7. The average Bonchev–Trinajstić information content (AvgIpc) is 2.67. The van der Waals surface area contributed by atoms with E-state index in [0.29, 0.717) is 43.5 Å². The first-order valence-electron chi connectivity index (χ1n) is 10.5. The minimum Gasteiger partial charge on any atom is -0.348 e. The summed E-state index contributed by atoms with van der Waals surface area (Å²) in [5.74, 6) is 0.444. The van der Waals surface area contributed by atoms with Gasteiger partial charge >= 0.3 is 0 Å². The summed E-state index contributed by atoms with van der Waals surface area (Å²) in [5, 5.41) is 3.03. The number of piperazine rings is 1. The smallest absolute Gasteiger partial charge is 0.275 e. The molecule has 3 rings (SSSR count). The second kappa shape index (κ2) is 8.93. The van der Waals surface area contributed by atoms with Crippen LogP contribution >= 0.6 is 0 Å². The van der Waals surface area contributed by atoms with E-state index in [1.54, 1.807) is 10.4 Å². The van der Waals surface area contributed by atoms with Crippen LogP contribution < -0.4 is 10.2 Å². The number of quaternary nitrogens is 1. The molecule has 1 fully saturated rings. The van der Waals surface area contributed by atoms with Crippen molar-refractivity contribution in [1.82, 2.24) is 9.62 Å². The van der Waals surface area contributed by atoms with Crippen LogP contribution in [0.3, 0.4) is 0 Å². The largest absolute Gasteiger partial charge is 0.348 e. The number of sulfonamides is 1. The Morgan fingerprint density at radius 2 is 1.75 bits per heavy atom. The molecule has 2 aliphatic rings. The van der Waals surface area contributed by atoms with Gasteiger partial charge in [0.1, 0.15) is 0 Å². The van der Waals surface area contributed by atoms with Crippen molar-refractivity contribution in [3.05, 3.63) is 29.3 Å². The van der Waals surface area contributed by atoms with E-state index in [-0.39, 0.29) is 11.9 Å². The van der Waals surface area contributed by atoms with Gasteiger partial charge in [0.2, 0.25) is 10.0 Å². The number of amides is 1. The van der Waals surface area contributed by atoms with Gasteiger partial charge in [0.15, 0.2) is 6.54 Å². The topological polar surface area (TPSA) is 70.9 Å². The second-order valence-corrected chi connectivity index (χ2v) is 10.5. The molecule has 28 heavy (non-hydrogen) atoms. The Kier molecular flexibility index (Phi) is 6.78. The van der Waals surface area contributed by atoms with Gasteiger partial charge in [0.25, 0.3) is 5.91 Å². The van der Waals surface area contributed by atoms with Gasteiger partial charge in [-0.3, -0.25) is 4.79 Å². The molecule has 1 aromatic rings. The lowest BCUT2D eigenvalue weighted by atomic mass is 9.92. The van der Waals surface area contributed by atoms with Crippen LogP contribution in [0.15, 0.2) is 23.1 Å². The van der Waals surface area contributed by atoms with Crippen molar-refractivity contribution in [2.75, 3.05) is 32.7 Å². The fourth-order valence-corrected chi connectivity index (χ4v) is 5.43. The molecule has 156 valence electrons. The van der Waals surface area contributed by atoms with Crippen LogP contribution in [-0.2, 0) is 27.7 Å². The molecule has 0 radical (unpaired) electrons. The first-order chi connectivity index (χ1) is 13.3. The average molecular weight is 409 g/mol. The highest BCUT2D eigenvalue weighted by molar-refractivity contribution is 7.89. The van der Waals surface area contributed by atoms with Gasteiger partial charge in [0, 0.05) is 6.04 Å². The maximum absolute atomic E-state index is 13.1. The lowest BCUT2D eigenvalue weighted by Gasteiger charge is -2.31. The lowest BCUT2D eigenvalue weighted by Crippen LogP contribution is -3.15. The van der Waals surface area contributed by atoms with E-state index in [1.165, 1.54) is 17.5 Å². The van der Waals surface area contributed by atoms with Crippen molar-refractivity contribution < 1.29 is 18.1 Å². The van der Waals surface area contributed by atoms with Gasteiger partial charge in [-0.25, -0.2) is 8.42 Å². The Balaban J connectivity index is 1.57. The number of nitrogens with one attached hydrogen (secondary N) is 2. The minimum absolute atomic E-state index is 0.0437. The number of carbonyl (C=O) groups excluding carboxylic acids is 1. The molecule has 0 spiro atoms. The van der Waals surface area contributed by atoms with E-state index in [0.717, 1.165) is 24.2 Å². The quantitative estimate of drug-likeness (QED) is 0.725. The fourth-order valence-electron chi connectivity index (χ4n) is 3.94. The van der Waals surface area contributed by atoms with Crippen LogP contribution in [0.2, 0.25) is 0 Å². The zero-order chi connectivity index (χ0) is 20.3. The Morgan fingerprint density at radius 3 is 2.39 bits per heavy atom. The maximum atomic E-state index is 13.1. The third-order valence-corrected chi connectivity index (χ3v) is 8.08. The fraction of sp³-hybridized carbons (Fsp3) is 0.667. The Labute approximate surface area is 169 Å². The number of hydrogen-bond acceptors (Lipinski definition) is 3. The molecule has 2 N–H and O–H groups in total. The van der Waals surface area contributed by atoms with Crippen molar-refractivity contribution in [3.8, 4) is 0 Å². The molecule has 0 aromatic heterocycles. The first-order valence-corrected chi connectivity index (χ1v) is 12.0. The SMILES string of the molecule is CC(C)[C@@H](C)NC(=O)C[NH+]1CCN(S(=O)(=O)c2ccc3c(c2)CCCC3)CC1. The highest BCUT2D eigenvalue weighted by Crippen LogP contribution is 2.25. The normalized spacial score (nSPS) is 20.0. The molecule has 1 heterocycles. The number of benzene rings is 1. The van der Waals surface area contributed by atoms with Crippen LogP contribution in [0.4, 0.5) is 0 Å². The van der Waals surface area contributed by atoms with E-state index in [2.05, 4.69) is 19.2 Å². The highest BCUT2D eigenvalue weighted by atomic mass is 32.2. The van der Waals surface area contributed by atoms with Gasteiger partial charge in [-0.2, -0.15) is 4.31 Å². The molecule has 1 aliphatic heterocycles. The molecule has 1 aromatic carbocycles. The van der Waals surface area contributed by atoms with Crippen molar-refractivity contribution in [3.63, 3.8) is 0 Å². The minimum atomic E-state index is -3.46. The van der Waals surface area contributed by atoms with E-state index in [9.17, 15) is 13.2 Å². The second-order valence-electron chi connectivity index (χ2n) is 8.57. The van der Waals surface area contributed by atoms with Crippen molar-refractivity contribution >= 4 is 15.9 Å². The number of nitrogens with zero attached hydrogens (tertiary/aromatic N) is 1. The molecule has 7 heteroatoms. The zero-order valence-corrected chi connectivity index (χ0v) is 18.1. The van der Waals surface area contributed by atoms with Gasteiger partial charge in [-0.1, -0.05) is 19.9 Å². The summed E-state index contributed by atoms with van der Waals surface area (Å²) in [6, 6.07) is 5.78. The molecule has 6 nitrogen and oxygen atoms in total. The van der Waals surface area contributed by atoms with Gasteiger partial charge in [-0.05, 0) is 61.8 Å². The molecule has 1 aliphatic carbocycles. The van der Waals surface area contributed by atoms with Crippen molar-refractivity contribution in [2.45, 2.75) is 57.4 Å². The zero-order valence-electron chi connectivity index (χ0n) is 17.3. The summed E-state index contributed by atoms with van der Waals surface area (Å²) >= 11 is 0. The third-order valence-electron chi connectivity index (χ3n) is 6.19. The van der Waals surface area contributed by atoms with E-state index >= 15 is 0 Å². The monoisotopic (exact) mass is 408 g/mol. The van der Waals surface area contributed by atoms with Crippen molar-refractivity contribution in [1.29, 1.82) is 0 Å². The van der Waals surface area contributed by atoms with E-state index < -0.39 is 10.0 Å².